The number of benzene rings is 1. The van der Waals surface area contributed by atoms with Crippen LogP contribution in [0.15, 0.2) is 53.0 Å². The zero-order chi connectivity index (χ0) is 20.3. The lowest BCUT2D eigenvalue weighted by atomic mass is 10.2. The summed E-state index contributed by atoms with van der Waals surface area (Å²) in [6.07, 6.45) is 2.64. The number of ether oxygens (including phenoxy) is 2. The zero-order valence-electron chi connectivity index (χ0n) is 15.0. The van der Waals surface area contributed by atoms with Crippen LogP contribution in [0.3, 0.4) is 0 Å². The Labute approximate surface area is 165 Å². The average molecular weight is 396 g/mol. The van der Waals surface area contributed by atoms with Gasteiger partial charge >= 0.3 is 5.97 Å². The third-order valence-corrected chi connectivity index (χ3v) is 4.22. The number of rotatable bonds is 4. The maximum absolute atomic E-state index is 13.0. The van der Waals surface area contributed by atoms with Crippen molar-refractivity contribution in [2.24, 2.45) is 0 Å². The minimum atomic E-state index is -0.875. The second-order valence-electron chi connectivity index (χ2n) is 5.71. The number of aryl methyl sites for hydroxylation is 1. The van der Waals surface area contributed by atoms with E-state index in [0.717, 1.165) is 18.7 Å². The largest absolute Gasteiger partial charge is 0.465 e. The first-order valence-corrected chi connectivity index (χ1v) is 8.48. The molecule has 1 aromatic carbocycles. The predicted octanol–water partition coefficient (Wildman–Crippen LogP) is 3.53. The number of hydrogen-bond donors (Lipinski definition) is 0. The van der Waals surface area contributed by atoms with Crippen LogP contribution >= 0.6 is 11.6 Å². The number of para-hydroxylation sites is 1. The summed E-state index contributed by atoms with van der Waals surface area (Å²) < 4.78 is 11.7. The van der Waals surface area contributed by atoms with E-state index < -0.39 is 11.5 Å². The number of aromatic nitrogens is 2. The molecule has 0 spiro atoms. The summed E-state index contributed by atoms with van der Waals surface area (Å²) in [6.45, 7) is 1.80. The van der Waals surface area contributed by atoms with Gasteiger partial charge in [0.1, 0.15) is 28.6 Å². The Morgan fingerprint density at radius 1 is 1.29 bits per heavy atom. The Kier molecular flexibility index (Phi) is 5.43. The number of hydrogen-bond acceptors (Lipinski definition) is 6. The van der Waals surface area contributed by atoms with Gasteiger partial charge in [-0.3, -0.25) is 9.20 Å². The zero-order valence-corrected chi connectivity index (χ0v) is 15.7. The molecule has 0 bridgehead atoms. The molecule has 0 amide bonds. The molecular weight excluding hydrogens is 382 g/mol. The van der Waals surface area contributed by atoms with Crippen LogP contribution in [0.25, 0.3) is 11.7 Å². The lowest BCUT2D eigenvalue weighted by Gasteiger charge is -2.12. The van der Waals surface area contributed by atoms with E-state index >= 15 is 0 Å². The molecule has 0 fully saturated rings. The number of carbonyl (C=O) groups is 1. The van der Waals surface area contributed by atoms with Crippen LogP contribution in [0.5, 0.6) is 11.6 Å². The summed E-state index contributed by atoms with van der Waals surface area (Å²) in [7, 11) is 1.14. The molecule has 0 aliphatic rings. The van der Waals surface area contributed by atoms with Gasteiger partial charge in [0.05, 0.1) is 12.1 Å². The van der Waals surface area contributed by atoms with E-state index in [1.807, 2.05) is 0 Å². The van der Waals surface area contributed by atoms with Gasteiger partial charge in [0.25, 0.3) is 5.56 Å². The molecular formula is C20H14ClN3O4. The van der Waals surface area contributed by atoms with Crippen molar-refractivity contribution in [3.63, 3.8) is 0 Å². The minimum absolute atomic E-state index is 0.0787. The van der Waals surface area contributed by atoms with Crippen molar-refractivity contribution in [2.45, 2.75) is 6.92 Å². The third-order valence-electron chi connectivity index (χ3n) is 3.91. The first-order chi connectivity index (χ1) is 13.5. The SMILES string of the molecule is COC(=O)/C(C#N)=C/c1c(Oc2ccccc2Cl)nc2c(C)cccn2c1=O. The van der Waals surface area contributed by atoms with E-state index in [2.05, 4.69) is 9.72 Å². The second-order valence-corrected chi connectivity index (χ2v) is 6.12. The van der Waals surface area contributed by atoms with E-state index in [-0.39, 0.29) is 22.8 Å². The molecule has 0 atom stereocenters. The van der Waals surface area contributed by atoms with Gasteiger partial charge in [-0.2, -0.15) is 10.2 Å². The van der Waals surface area contributed by atoms with Gasteiger partial charge in [-0.1, -0.05) is 29.8 Å². The normalized spacial score (nSPS) is 11.1. The fourth-order valence-corrected chi connectivity index (χ4v) is 2.69. The van der Waals surface area contributed by atoms with Crippen LogP contribution in [0.4, 0.5) is 0 Å². The molecule has 8 heteroatoms. The minimum Gasteiger partial charge on any atom is -0.465 e. The van der Waals surface area contributed by atoms with Gasteiger partial charge in [0.15, 0.2) is 0 Å². The van der Waals surface area contributed by atoms with E-state index in [4.69, 9.17) is 16.3 Å². The number of fused-ring (bicyclic) bond motifs is 1. The number of carbonyl (C=O) groups excluding carboxylic acids is 1. The first kappa shape index (κ1) is 19.1. The number of halogens is 1. The Bertz CT molecular complexity index is 1210. The molecule has 3 aromatic rings. The van der Waals surface area contributed by atoms with Gasteiger partial charge < -0.3 is 9.47 Å². The van der Waals surface area contributed by atoms with Crippen LogP contribution in [-0.2, 0) is 9.53 Å². The van der Waals surface area contributed by atoms with Crippen molar-refractivity contribution in [1.82, 2.24) is 9.38 Å². The maximum Gasteiger partial charge on any atom is 0.348 e. The molecule has 0 saturated heterocycles. The quantitative estimate of drug-likeness (QED) is 0.381. The Morgan fingerprint density at radius 3 is 2.71 bits per heavy atom. The van der Waals surface area contributed by atoms with E-state index in [0.29, 0.717) is 10.7 Å². The Hall–Kier alpha value is -3.63. The van der Waals surface area contributed by atoms with Gasteiger partial charge in [0, 0.05) is 6.20 Å². The summed E-state index contributed by atoms with van der Waals surface area (Å²) in [5, 5.41) is 9.57. The van der Waals surface area contributed by atoms with Gasteiger partial charge in [0.2, 0.25) is 5.88 Å². The van der Waals surface area contributed by atoms with Gasteiger partial charge in [-0.25, -0.2) is 4.79 Å². The highest BCUT2D eigenvalue weighted by atomic mass is 35.5. The van der Waals surface area contributed by atoms with Crippen molar-refractivity contribution in [3.05, 3.63) is 74.7 Å². The predicted molar refractivity (Wildman–Crippen MR) is 103 cm³/mol. The lowest BCUT2D eigenvalue weighted by Crippen LogP contribution is -2.20. The smallest absolute Gasteiger partial charge is 0.348 e. The van der Waals surface area contributed by atoms with Crippen LogP contribution in [0, 0.1) is 18.3 Å². The summed E-state index contributed by atoms with van der Waals surface area (Å²) in [4.78, 5) is 29.3. The number of nitrogens with zero attached hydrogens (tertiary/aromatic N) is 3. The van der Waals surface area contributed by atoms with Crippen LogP contribution < -0.4 is 10.3 Å². The average Bonchev–Trinajstić information content (AvgIpc) is 2.70. The Balaban J connectivity index is 2.31. The number of esters is 1. The summed E-state index contributed by atoms with van der Waals surface area (Å²) >= 11 is 6.14. The molecule has 0 saturated carbocycles. The van der Waals surface area contributed by atoms with E-state index in [9.17, 15) is 14.9 Å². The molecule has 0 N–H and O–H groups in total. The highest BCUT2D eigenvalue weighted by Crippen LogP contribution is 2.30. The molecule has 0 aliphatic carbocycles. The summed E-state index contributed by atoms with van der Waals surface area (Å²) in [5.41, 5.74) is 0.172. The standard InChI is InChI=1S/C20H14ClN3O4/c1-12-6-5-9-24-17(12)23-18(28-16-8-4-3-7-15(16)21)14(19(24)25)10-13(11-22)20(26)27-2/h3-10H,1-2H3/b13-10+. The molecule has 0 unspecified atom stereocenters. The van der Waals surface area contributed by atoms with Gasteiger partial charge in [-0.15, -0.1) is 0 Å². The van der Waals surface area contributed by atoms with Crippen molar-refractivity contribution >= 4 is 29.3 Å². The molecule has 7 nitrogen and oxygen atoms in total. The second kappa shape index (κ2) is 7.94. The molecule has 2 aromatic heterocycles. The highest BCUT2D eigenvalue weighted by Gasteiger charge is 2.18. The Morgan fingerprint density at radius 2 is 2.04 bits per heavy atom. The van der Waals surface area contributed by atoms with E-state index in [1.54, 1.807) is 55.6 Å². The number of pyridine rings is 1. The fraction of sp³-hybridized carbons (Fsp3) is 0.100. The maximum atomic E-state index is 13.0. The number of methoxy groups -OCH3 is 1. The lowest BCUT2D eigenvalue weighted by molar-refractivity contribution is -0.135. The molecule has 140 valence electrons. The molecule has 28 heavy (non-hydrogen) atoms. The molecule has 0 aliphatic heterocycles. The molecule has 2 heterocycles. The summed E-state index contributed by atoms with van der Waals surface area (Å²) in [5.74, 6) is -0.677. The monoisotopic (exact) mass is 395 g/mol. The van der Waals surface area contributed by atoms with Crippen LogP contribution in [0.2, 0.25) is 5.02 Å². The fourth-order valence-electron chi connectivity index (χ4n) is 2.52. The van der Waals surface area contributed by atoms with Gasteiger partial charge in [-0.05, 0) is 36.8 Å². The van der Waals surface area contributed by atoms with Crippen molar-refractivity contribution < 1.29 is 14.3 Å². The number of nitriles is 1. The summed E-state index contributed by atoms with van der Waals surface area (Å²) in [6, 6.07) is 11.9. The third kappa shape index (κ3) is 3.59. The van der Waals surface area contributed by atoms with Crippen molar-refractivity contribution in [2.75, 3.05) is 7.11 Å². The van der Waals surface area contributed by atoms with Crippen LogP contribution in [0.1, 0.15) is 11.1 Å². The van der Waals surface area contributed by atoms with Crippen molar-refractivity contribution in [1.29, 1.82) is 5.26 Å². The van der Waals surface area contributed by atoms with Crippen LogP contribution in [-0.4, -0.2) is 22.5 Å². The molecule has 0 radical (unpaired) electrons. The molecule has 3 rings (SSSR count). The highest BCUT2D eigenvalue weighted by molar-refractivity contribution is 6.32. The topological polar surface area (TPSA) is 93.7 Å². The first-order valence-electron chi connectivity index (χ1n) is 8.10. The van der Waals surface area contributed by atoms with E-state index in [1.165, 1.54) is 4.40 Å². The van der Waals surface area contributed by atoms with Crippen molar-refractivity contribution in [3.8, 4) is 17.7 Å².